The molecule has 0 bridgehead atoms. The molecular formula is C27H35N3O4. The van der Waals surface area contributed by atoms with E-state index in [1.54, 1.807) is 0 Å². The molecule has 1 aliphatic carbocycles. The van der Waals surface area contributed by atoms with Gasteiger partial charge in [0.25, 0.3) is 0 Å². The summed E-state index contributed by atoms with van der Waals surface area (Å²) in [5.41, 5.74) is 7.93. The van der Waals surface area contributed by atoms with Crippen LogP contribution in [0.4, 0.5) is 0 Å². The number of piperazine rings is 1. The maximum Gasteiger partial charge on any atom is 0.241 e. The molecule has 1 saturated heterocycles. The molecule has 1 saturated carbocycles. The minimum Gasteiger partial charge on any atom is -0.494 e. The van der Waals surface area contributed by atoms with Crippen molar-refractivity contribution in [1.29, 1.82) is 0 Å². The fourth-order valence-electron chi connectivity index (χ4n) is 4.15. The molecule has 1 aliphatic heterocycles. The van der Waals surface area contributed by atoms with Crippen LogP contribution in [0.15, 0.2) is 54.6 Å². The maximum atomic E-state index is 12.6. The van der Waals surface area contributed by atoms with Crippen LogP contribution in [-0.4, -0.2) is 73.5 Å². The summed E-state index contributed by atoms with van der Waals surface area (Å²) in [5, 5.41) is 0. The van der Waals surface area contributed by atoms with Crippen LogP contribution in [-0.2, 0) is 16.1 Å². The highest BCUT2D eigenvalue weighted by atomic mass is 16.5. The van der Waals surface area contributed by atoms with Gasteiger partial charge in [0.1, 0.15) is 11.8 Å². The van der Waals surface area contributed by atoms with Gasteiger partial charge in [0.15, 0.2) is 5.78 Å². The lowest BCUT2D eigenvalue weighted by atomic mass is 10.1. The molecule has 182 valence electrons. The second kappa shape index (κ2) is 12.1. The standard InChI is InChI=1S/C27H35N3O4/c28-25(20-33-19-21-5-2-1-3-6-21)27(32)30-16-14-29(15-17-30)13-4-18-34-24-11-9-23(10-12-24)26(31)22-7-8-22/h1-3,5-6,9-12,22,25H,4,7-8,13-20,28H2/t25-/m1/s1. The third kappa shape index (κ3) is 7.13. The van der Waals surface area contributed by atoms with Gasteiger partial charge in [-0.2, -0.15) is 0 Å². The first-order valence-corrected chi connectivity index (χ1v) is 12.3. The van der Waals surface area contributed by atoms with Crippen molar-refractivity contribution in [2.45, 2.75) is 31.9 Å². The molecular weight excluding hydrogens is 430 g/mol. The summed E-state index contributed by atoms with van der Waals surface area (Å²) < 4.78 is 11.5. The Balaban J connectivity index is 1.08. The Morgan fingerprint density at radius 3 is 2.35 bits per heavy atom. The van der Waals surface area contributed by atoms with Gasteiger partial charge in [-0.3, -0.25) is 14.5 Å². The zero-order valence-electron chi connectivity index (χ0n) is 19.7. The van der Waals surface area contributed by atoms with Crippen molar-refractivity contribution in [3.63, 3.8) is 0 Å². The molecule has 1 amide bonds. The van der Waals surface area contributed by atoms with Crippen LogP contribution >= 0.6 is 0 Å². The number of hydrogen-bond donors (Lipinski definition) is 1. The summed E-state index contributed by atoms with van der Waals surface area (Å²) in [6.07, 6.45) is 2.95. The van der Waals surface area contributed by atoms with Crippen LogP contribution < -0.4 is 10.5 Å². The molecule has 2 aromatic rings. The first kappa shape index (κ1) is 24.4. The first-order chi connectivity index (χ1) is 16.6. The molecule has 0 spiro atoms. The Hall–Kier alpha value is -2.74. The molecule has 0 radical (unpaired) electrons. The molecule has 0 unspecified atom stereocenters. The van der Waals surface area contributed by atoms with E-state index in [4.69, 9.17) is 15.2 Å². The molecule has 2 aliphatic rings. The van der Waals surface area contributed by atoms with Crippen molar-refractivity contribution < 1.29 is 19.1 Å². The quantitative estimate of drug-likeness (QED) is 0.383. The fraction of sp³-hybridized carbons (Fsp3) is 0.481. The van der Waals surface area contributed by atoms with Crippen molar-refractivity contribution in [2.24, 2.45) is 11.7 Å². The maximum absolute atomic E-state index is 12.6. The average molecular weight is 466 g/mol. The number of rotatable bonds is 12. The minimum atomic E-state index is -0.630. The molecule has 2 fully saturated rings. The highest BCUT2D eigenvalue weighted by Gasteiger charge is 2.30. The number of Topliss-reactive ketones (excluding diaryl/α,β-unsaturated/α-hetero) is 1. The van der Waals surface area contributed by atoms with Crippen LogP contribution in [0.2, 0.25) is 0 Å². The van der Waals surface area contributed by atoms with Crippen molar-refractivity contribution >= 4 is 11.7 Å². The van der Waals surface area contributed by atoms with E-state index >= 15 is 0 Å². The minimum absolute atomic E-state index is 0.0420. The Morgan fingerprint density at radius 1 is 0.971 bits per heavy atom. The highest BCUT2D eigenvalue weighted by Crippen LogP contribution is 2.32. The Kier molecular flexibility index (Phi) is 8.68. The van der Waals surface area contributed by atoms with Gasteiger partial charge in [-0.25, -0.2) is 0 Å². The topological polar surface area (TPSA) is 85.1 Å². The molecule has 2 N–H and O–H groups in total. The van der Waals surface area contributed by atoms with E-state index in [2.05, 4.69) is 4.90 Å². The zero-order valence-corrected chi connectivity index (χ0v) is 19.7. The van der Waals surface area contributed by atoms with Gasteiger partial charge in [0.05, 0.1) is 19.8 Å². The number of amides is 1. The van der Waals surface area contributed by atoms with Gasteiger partial charge in [-0.15, -0.1) is 0 Å². The Labute approximate surface area is 201 Å². The van der Waals surface area contributed by atoms with Crippen LogP contribution in [0.25, 0.3) is 0 Å². The van der Waals surface area contributed by atoms with Crippen LogP contribution in [0, 0.1) is 5.92 Å². The second-order valence-electron chi connectivity index (χ2n) is 9.14. The molecule has 0 aromatic heterocycles. The van der Waals surface area contributed by atoms with Crippen LogP contribution in [0.5, 0.6) is 5.75 Å². The number of carbonyl (C=O) groups excluding carboxylic acids is 2. The summed E-state index contributed by atoms with van der Waals surface area (Å²) in [6, 6.07) is 16.7. The van der Waals surface area contributed by atoms with E-state index in [0.717, 1.165) is 55.8 Å². The van der Waals surface area contributed by atoms with Crippen LogP contribution in [0.3, 0.4) is 0 Å². The third-order valence-electron chi connectivity index (χ3n) is 6.38. The monoisotopic (exact) mass is 465 g/mol. The van der Waals surface area contributed by atoms with Crippen molar-refractivity contribution in [2.75, 3.05) is 45.9 Å². The average Bonchev–Trinajstić information content (AvgIpc) is 3.73. The summed E-state index contributed by atoms with van der Waals surface area (Å²) >= 11 is 0. The predicted molar refractivity (Wildman–Crippen MR) is 131 cm³/mol. The Morgan fingerprint density at radius 2 is 1.68 bits per heavy atom. The number of ether oxygens (including phenoxy) is 2. The van der Waals surface area contributed by atoms with E-state index in [9.17, 15) is 9.59 Å². The zero-order chi connectivity index (χ0) is 23.8. The third-order valence-corrected chi connectivity index (χ3v) is 6.38. The molecule has 1 atom stereocenters. The van der Waals surface area contributed by atoms with E-state index in [0.29, 0.717) is 26.3 Å². The highest BCUT2D eigenvalue weighted by molar-refractivity contribution is 5.99. The Bertz CT molecular complexity index is 923. The van der Waals surface area contributed by atoms with Crippen LogP contribution in [0.1, 0.15) is 35.2 Å². The summed E-state index contributed by atoms with van der Waals surface area (Å²) in [7, 11) is 0. The fourth-order valence-corrected chi connectivity index (χ4v) is 4.15. The molecule has 1 heterocycles. The summed E-state index contributed by atoms with van der Waals surface area (Å²) in [5.74, 6) is 1.25. The largest absolute Gasteiger partial charge is 0.494 e. The molecule has 7 heteroatoms. The number of nitrogens with two attached hydrogens (primary N) is 1. The number of nitrogens with zero attached hydrogens (tertiary/aromatic N) is 2. The van der Waals surface area contributed by atoms with Gasteiger partial charge in [-0.1, -0.05) is 30.3 Å². The number of benzene rings is 2. The first-order valence-electron chi connectivity index (χ1n) is 12.3. The predicted octanol–water partition coefficient (Wildman–Crippen LogP) is 2.74. The SMILES string of the molecule is N[C@H](COCc1ccccc1)C(=O)N1CCN(CCCOc2ccc(C(=O)C3CC3)cc2)CC1. The van der Waals surface area contributed by atoms with Gasteiger partial charge in [0, 0.05) is 44.2 Å². The number of ketones is 1. The summed E-state index contributed by atoms with van der Waals surface area (Å²) in [4.78, 5) is 28.9. The van der Waals surface area contributed by atoms with Gasteiger partial charge in [-0.05, 0) is 49.1 Å². The molecule has 7 nitrogen and oxygen atoms in total. The lowest BCUT2D eigenvalue weighted by Gasteiger charge is -2.35. The molecule has 4 rings (SSSR count). The normalized spacial score (nSPS) is 17.4. The van der Waals surface area contributed by atoms with E-state index < -0.39 is 6.04 Å². The second-order valence-corrected chi connectivity index (χ2v) is 9.14. The van der Waals surface area contributed by atoms with Crippen molar-refractivity contribution in [3.05, 3.63) is 65.7 Å². The number of carbonyl (C=O) groups is 2. The summed E-state index contributed by atoms with van der Waals surface area (Å²) in [6.45, 7) is 5.26. The molecule has 2 aromatic carbocycles. The van der Waals surface area contributed by atoms with Gasteiger partial charge in [0.2, 0.25) is 5.91 Å². The van der Waals surface area contributed by atoms with E-state index in [-0.39, 0.29) is 24.2 Å². The van der Waals surface area contributed by atoms with Crippen molar-refractivity contribution in [3.8, 4) is 5.75 Å². The number of hydrogen-bond acceptors (Lipinski definition) is 6. The molecule has 34 heavy (non-hydrogen) atoms. The van der Waals surface area contributed by atoms with Gasteiger partial charge < -0.3 is 20.1 Å². The lowest BCUT2D eigenvalue weighted by molar-refractivity contribution is -0.135. The van der Waals surface area contributed by atoms with Gasteiger partial charge >= 0.3 is 0 Å². The lowest BCUT2D eigenvalue weighted by Crippen LogP contribution is -2.54. The smallest absolute Gasteiger partial charge is 0.241 e. The van der Waals surface area contributed by atoms with E-state index in [1.165, 1.54) is 0 Å². The van der Waals surface area contributed by atoms with E-state index in [1.807, 2.05) is 59.5 Å². The van der Waals surface area contributed by atoms with Crippen molar-refractivity contribution in [1.82, 2.24) is 9.80 Å².